The van der Waals surface area contributed by atoms with Gasteiger partial charge >= 0.3 is 0 Å². The van der Waals surface area contributed by atoms with Crippen molar-refractivity contribution in [3.05, 3.63) is 52.8 Å². The summed E-state index contributed by atoms with van der Waals surface area (Å²) in [5.41, 5.74) is 1.63. The van der Waals surface area contributed by atoms with Crippen molar-refractivity contribution in [3.63, 3.8) is 0 Å². The van der Waals surface area contributed by atoms with Crippen LogP contribution in [0.4, 0.5) is 0 Å². The van der Waals surface area contributed by atoms with Gasteiger partial charge < -0.3 is 10.3 Å². The minimum absolute atomic E-state index is 0.204. The summed E-state index contributed by atoms with van der Waals surface area (Å²) in [6.07, 6.45) is 1.48. The zero-order valence-electron chi connectivity index (χ0n) is 11.0. The van der Waals surface area contributed by atoms with Crippen LogP contribution in [0.15, 0.2) is 41.4 Å². The highest BCUT2D eigenvalue weighted by molar-refractivity contribution is 7.89. The molecule has 0 saturated heterocycles. The van der Waals surface area contributed by atoms with Gasteiger partial charge in [-0.15, -0.1) is 0 Å². The minimum Gasteiger partial charge on any atom is -0.363 e. The van der Waals surface area contributed by atoms with Gasteiger partial charge in [0.2, 0.25) is 10.0 Å². The molecule has 0 aliphatic heterocycles. The van der Waals surface area contributed by atoms with E-state index in [9.17, 15) is 8.42 Å². The summed E-state index contributed by atoms with van der Waals surface area (Å²) < 4.78 is 26.8. The fourth-order valence-electron chi connectivity index (χ4n) is 1.78. The van der Waals surface area contributed by atoms with Gasteiger partial charge in [0.15, 0.2) is 0 Å². The molecular formula is C13H16ClN3O2S. The Morgan fingerprint density at radius 1 is 1.25 bits per heavy atom. The van der Waals surface area contributed by atoms with E-state index in [1.165, 1.54) is 6.20 Å². The molecule has 0 saturated carbocycles. The van der Waals surface area contributed by atoms with Crippen molar-refractivity contribution in [2.75, 3.05) is 7.05 Å². The van der Waals surface area contributed by atoms with Crippen LogP contribution < -0.4 is 10.0 Å². The molecule has 0 aliphatic rings. The largest absolute Gasteiger partial charge is 0.363 e. The fourth-order valence-corrected chi connectivity index (χ4v) is 3.02. The Hall–Kier alpha value is -1.34. The molecule has 0 amide bonds. The lowest BCUT2D eigenvalue weighted by Gasteiger charge is -2.05. The van der Waals surface area contributed by atoms with Crippen molar-refractivity contribution in [3.8, 4) is 0 Å². The van der Waals surface area contributed by atoms with E-state index in [0.717, 1.165) is 11.3 Å². The molecule has 2 aromatic rings. The maximum absolute atomic E-state index is 12.1. The predicted molar refractivity (Wildman–Crippen MR) is 79.0 cm³/mol. The third-order valence-electron chi connectivity index (χ3n) is 2.75. The fraction of sp³-hybridized carbons (Fsp3) is 0.231. The Balaban J connectivity index is 2.06. The van der Waals surface area contributed by atoms with Gasteiger partial charge in [0, 0.05) is 30.0 Å². The molecule has 7 heteroatoms. The van der Waals surface area contributed by atoms with Crippen LogP contribution in [0.5, 0.6) is 0 Å². The summed E-state index contributed by atoms with van der Waals surface area (Å²) in [6.45, 7) is 0.791. The van der Waals surface area contributed by atoms with Crippen molar-refractivity contribution >= 4 is 21.6 Å². The normalized spacial score (nSPS) is 11.7. The van der Waals surface area contributed by atoms with E-state index < -0.39 is 10.0 Å². The second-order valence-corrected chi connectivity index (χ2v) is 6.55. The molecule has 1 heterocycles. The lowest BCUT2D eigenvalue weighted by atomic mass is 10.2. The number of nitrogens with one attached hydrogen (secondary N) is 3. The van der Waals surface area contributed by atoms with E-state index in [2.05, 4.69) is 15.0 Å². The molecule has 0 spiro atoms. The number of aromatic nitrogens is 1. The van der Waals surface area contributed by atoms with Crippen molar-refractivity contribution in [2.45, 2.75) is 18.0 Å². The number of H-pyrrole nitrogens is 1. The SMILES string of the molecule is CNCc1cc(S(=O)(=O)NCc2cccc(Cl)c2)c[nH]1. The van der Waals surface area contributed by atoms with Crippen LogP contribution in [-0.2, 0) is 23.1 Å². The first-order chi connectivity index (χ1) is 9.51. The molecular weight excluding hydrogens is 298 g/mol. The highest BCUT2D eigenvalue weighted by Crippen LogP contribution is 2.13. The molecule has 3 N–H and O–H groups in total. The minimum atomic E-state index is -3.52. The first kappa shape index (κ1) is 15.1. The Morgan fingerprint density at radius 2 is 2.05 bits per heavy atom. The third kappa shape index (κ3) is 3.83. The van der Waals surface area contributed by atoms with Crippen LogP contribution in [0.25, 0.3) is 0 Å². The Bertz CT molecular complexity index is 682. The second-order valence-electron chi connectivity index (χ2n) is 4.35. The first-order valence-corrected chi connectivity index (χ1v) is 7.93. The van der Waals surface area contributed by atoms with E-state index in [1.54, 1.807) is 31.3 Å². The molecule has 1 aromatic carbocycles. The Kier molecular flexibility index (Phi) is 4.82. The average Bonchev–Trinajstić information content (AvgIpc) is 2.87. The standard InChI is InChI=1S/C13H16ClN3O2S/c1-15-8-12-6-13(9-16-12)20(18,19)17-7-10-3-2-4-11(14)5-10/h2-6,9,15-17H,7-8H2,1H3. The Morgan fingerprint density at radius 3 is 2.75 bits per heavy atom. The highest BCUT2D eigenvalue weighted by atomic mass is 35.5. The van der Waals surface area contributed by atoms with E-state index >= 15 is 0 Å². The van der Waals surface area contributed by atoms with Gasteiger partial charge in [0.25, 0.3) is 0 Å². The zero-order valence-corrected chi connectivity index (χ0v) is 12.6. The first-order valence-electron chi connectivity index (χ1n) is 6.07. The monoisotopic (exact) mass is 313 g/mol. The van der Waals surface area contributed by atoms with Crippen LogP contribution in [-0.4, -0.2) is 20.4 Å². The van der Waals surface area contributed by atoms with Crippen LogP contribution in [0.2, 0.25) is 5.02 Å². The van der Waals surface area contributed by atoms with E-state index in [1.807, 2.05) is 6.07 Å². The molecule has 0 fully saturated rings. The molecule has 20 heavy (non-hydrogen) atoms. The smallest absolute Gasteiger partial charge is 0.242 e. The average molecular weight is 314 g/mol. The molecule has 0 unspecified atom stereocenters. The summed E-state index contributed by atoms with van der Waals surface area (Å²) in [4.78, 5) is 3.14. The molecule has 0 aliphatic carbocycles. The summed E-state index contributed by atoms with van der Waals surface area (Å²) in [5, 5.41) is 3.53. The van der Waals surface area contributed by atoms with Crippen molar-refractivity contribution in [2.24, 2.45) is 0 Å². The zero-order chi connectivity index (χ0) is 14.6. The van der Waals surface area contributed by atoms with E-state index in [0.29, 0.717) is 11.6 Å². The van der Waals surface area contributed by atoms with Crippen molar-refractivity contribution in [1.29, 1.82) is 0 Å². The van der Waals surface area contributed by atoms with Gasteiger partial charge in [0.1, 0.15) is 0 Å². The van der Waals surface area contributed by atoms with Crippen LogP contribution in [0.1, 0.15) is 11.3 Å². The third-order valence-corrected chi connectivity index (χ3v) is 4.36. The number of hydrogen-bond donors (Lipinski definition) is 3. The van der Waals surface area contributed by atoms with Gasteiger partial charge in [-0.25, -0.2) is 13.1 Å². The summed E-state index contributed by atoms with van der Waals surface area (Å²) in [6, 6.07) is 8.69. The Labute approximate surface area is 123 Å². The maximum atomic E-state index is 12.1. The number of aromatic amines is 1. The molecule has 0 radical (unpaired) electrons. The van der Waals surface area contributed by atoms with Crippen LogP contribution >= 0.6 is 11.6 Å². The quantitative estimate of drug-likeness (QED) is 0.762. The van der Waals surface area contributed by atoms with Gasteiger partial charge in [-0.2, -0.15) is 0 Å². The summed E-state index contributed by atoms with van der Waals surface area (Å²) in [7, 11) is -1.72. The molecule has 0 atom stereocenters. The molecule has 0 bridgehead atoms. The second kappa shape index (κ2) is 6.41. The maximum Gasteiger partial charge on any atom is 0.242 e. The molecule has 1 aromatic heterocycles. The highest BCUT2D eigenvalue weighted by Gasteiger charge is 2.15. The van der Waals surface area contributed by atoms with Crippen molar-refractivity contribution < 1.29 is 8.42 Å². The summed E-state index contributed by atoms with van der Waals surface area (Å²) >= 11 is 5.86. The number of sulfonamides is 1. The van der Waals surface area contributed by atoms with Crippen LogP contribution in [0.3, 0.4) is 0 Å². The number of halogens is 1. The molecule has 2 rings (SSSR count). The van der Waals surface area contributed by atoms with E-state index in [-0.39, 0.29) is 11.4 Å². The van der Waals surface area contributed by atoms with E-state index in [4.69, 9.17) is 11.6 Å². The topological polar surface area (TPSA) is 74.0 Å². The van der Waals surface area contributed by atoms with Gasteiger partial charge in [-0.3, -0.25) is 0 Å². The lowest BCUT2D eigenvalue weighted by molar-refractivity contribution is 0.581. The van der Waals surface area contributed by atoms with Gasteiger partial charge in [-0.05, 0) is 30.8 Å². The summed E-state index contributed by atoms with van der Waals surface area (Å²) in [5.74, 6) is 0. The molecule has 5 nitrogen and oxygen atoms in total. The number of benzene rings is 1. The van der Waals surface area contributed by atoms with Gasteiger partial charge in [0.05, 0.1) is 4.90 Å². The van der Waals surface area contributed by atoms with Crippen molar-refractivity contribution in [1.82, 2.24) is 15.0 Å². The number of hydrogen-bond acceptors (Lipinski definition) is 3. The number of rotatable bonds is 6. The van der Waals surface area contributed by atoms with Crippen LogP contribution in [0, 0.1) is 0 Å². The molecule has 108 valence electrons. The van der Waals surface area contributed by atoms with Gasteiger partial charge in [-0.1, -0.05) is 23.7 Å². The predicted octanol–water partition coefficient (Wildman–Crippen LogP) is 1.87. The lowest BCUT2D eigenvalue weighted by Crippen LogP contribution is -2.22.